The van der Waals surface area contributed by atoms with Gasteiger partial charge in [-0.15, -0.1) is 0 Å². The molecule has 2 N–H and O–H groups in total. The Kier molecular flexibility index (Phi) is 41.1. The number of carbonyl (C=O) groups excluding carboxylic acids is 1. The van der Waals surface area contributed by atoms with Crippen LogP contribution in [0.25, 0.3) is 0 Å². The minimum atomic E-state index is -4.54. The lowest BCUT2D eigenvalue weighted by atomic mass is 10.0. The van der Waals surface area contributed by atoms with E-state index in [4.69, 9.17) is 9.05 Å². The summed E-state index contributed by atoms with van der Waals surface area (Å²) >= 11 is 0. The number of hydrogen-bond acceptors (Lipinski definition) is 6. The van der Waals surface area contributed by atoms with E-state index >= 15 is 0 Å². The van der Waals surface area contributed by atoms with Gasteiger partial charge in [-0.3, -0.25) is 9.36 Å². The van der Waals surface area contributed by atoms with Crippen LogP contribution < -0.4 is 10.2 Å². The fraction of sp³-hybridized carbons (Fsp3) is 0.860. The Bertz CT molecular complexity index is 1060. The van der Waals surface area contributed by atoms with Gasteiger partial charge in [-0.1, -0.05) is 204 Å². The molecule has 59 heavy (non-hydrogen) atoms. The highest BCUT2D eigenvalue weighted by atomic mass is 31.2. The maximum atomic E-state index is 12.7. The van der Waals surface area contributed by atoms with E-state index in [0.29, 0.717) is 23.9 Å². The Labute approximate surface area is 366 Å². The summed E-state index contributed by atoms with van der Waals surface area (Å²) in [6.45, 7) is 4.58. The van der Waals surface area contributed by atoms with Crippen LogP contribution in [0.3, 0.4) is 0 Å². The van der Waals surface area contributed by atoms with Gasteiger partial charge in [-0.25, -0.2) is 0 Å². The highest BCUT2D eigenvalue weighted by Gasteiger charge is 2.24. The van der Waals surface area contributed by atoms with Gasteiger partial charge in [-0.2, -0.15) is 0 Å². The third-order valence-corrected chi connectivity index (χ3v) is 12.1. The molecular formula is C50H97N2O6P. The minimum absolute atomic E-state index is 0.0116. The zero-order valence-electron chi connectivity index (χ0n) is 39.5. The number of likely N-dealkylation sites (N-methyl/N-ethyl adjacent to an activating group) is 1. The number of carbonyl (C=O) groups is 1. The van der Waals surface area contributed by atoms with Crippen molar-refractivity contribution in [2.75, 3.05) is 40.9 Å². The molecule has 348 valence electrons. The van der Waals surface area contributed by atoms with Crippen LogP contribution in [-0.4, -0.2) is 68.5 Å². The molecular weight excluding hydrogens is 756 g/mol. The molecule has 0 aromatic rings. The Morgan fingerprint density at radius 3 is 1.42 bits per heavy atom. The van der Waals surface area contributed by atoms with Gasteiger partial charge in [0.15, 0.2) is 0 Å². The van der Waals surface area contributed by atoms with Crippen LogP contribution in [0.4, 0.5) is 0 Å². The van der Waals surface area contributed by atoms with Crippen LogP contribution in [0.2, 0.25) is 0 Å². The van der Waals surface area contributed by atoms with E-state index in [2.05, 4.69) is 55.6 Å². The largest absolute Gasteiger partial charge is 0.756 e. The van der Waals surface area contributed by atoms with Gasteiger partial charge >= 0.3 is 0 Å². The molecule has 0 radical (unpaired) electrons. The van der Waals surface area contributed by atoms with Crippen LogP contribution in [0, 0.1) is 0 Å². The summed E-state index contributed by atoms with van der Waals surface area (Å²) in [5.74, 6) is -0.173. The zero-order valence-corrected chi connectivity index (χ0v) is 40.4. The Balaban J connectivity index is 3.76. The molecule has 0 bridgehead atoms. The van der Waals surface area contributed by atoms with Crippen molar-refractivity contribution < 1.29 is 32.9 Å². The molecule has 0 spiro atoms. The smallest absolute Gasteiger partial charge is 0.268 e. The second-order valence-corrected chi connectivity index (χ2v) is 19.6. The summed E-state index contributed by atoms with van der Waals surface area (Å²) in [5.41, 5.74) is 0. The van der Waals surface area contributed by atoms with Crippen LogP contribution in [0.15, 0.2) is 36.5 Å². The number of phosphoric acid groups is 1. The monoisotopic (exact) mass is 853 g/mol. The van der Waals surface area contributed by atoms with E-state index in [-0.39, 0.29) is 19.1 Å². The molecule has 1 amide bonds. The number of phosphoric ester groups is 1. The van der Waals surface area contributed by atoms with E-state index in [9.17, 15) is 19.4 Å². The molecule has 8 nitrogen and oxygen atoms in total. The third-order valence-electron chi connectivity index (χ3n) is 11.1. The molecule has 3 unspecified atom stereocenters. The molecule has 0 heterocycles. The molecule has 0 saturated carbocycles. The van der Waals surface area contributed by atoms with Crippen LogP contribution >= 0.6 is 7.82 Å². The lowest BCUT2D eigenvalue weighted by Crippen LogP contribution is -2.46. The highest BCUT2D eigenvalue weighted by Crippen LogP contribution is 2.38. The number of nitrogens with zero attached hydrogens (tertiary/aromatic N) is 1. The molecule has 0 rings (SSSR count). The number of hydrogen-bond donors (Lipinski definition) is 2. The number of aliphatic hydroxyl groups excluding tert-OH is 1. The molecule has 0 saturated heterocycles. The van der Waals surface area contributed by atoms with Crippen molar-refractivity contribution >= 4 is 13.7 Å². The van der Waals surface area contributed by atoms with Gasteiger partial charge in [0, 0.05) is 6.42 Å². The van der Waals surface area contributed by atoms with Crippen LogP contribution in [-0.2, 0) is 18.4 Å². The Hall–Kier alpha value is -1.28. The summed E-state index contributed by atoms with van der Waals surface area (Å²) in [6, 6.07) is -0.794. The highest BCUT2D eigenvalue weighted by molar-refractivity contribution is 7.45. The van der Waals surface area contributed by atoms with E-state index in [1.165, 1.54) is 141 Å². The van der Waals surface area contributed by atoms with Crippen molar-refractivity contribution in [2.45, 2.75) is 238 Å². The van der Waals surface area contributed by atoms with Gasteiger partial charge in [0.2, 0.25) is 5.91 Å². The van der Waals surface area contributed by atoms with E-state index in [1.54, 1.807) is 0 Å². The average molecular weight is 853 g/mol. The first-order chi connectivity index (χ1) is 28.5. The summed E-state index contributed by atoms with van der Waals surface area (Å²) in [6.07, 6.45) is 52.5. The first kappa shape index (κ1) is 57.7. The van der Waals surface area contributed by atoms with Gasteiger partial charge in [0.1, 0.15) is 13.2 Å². The van der Waals surface area contributed by atoms with E-state index < -0.39 is 20.0 Å². The number of aliphatic hydroxyl groups is 1. The van der Waals surface area contributed by atoms with Crippen molar-refractivity contribution in [3.8, 4) is 0 Å². The van der Waals surface area contributed by atoms with Crippen molar-refractivity contribution in [3.63, 3.8) is 0 Å². The summed E-state index contributed by atoms with van der Waals surface area (Å²) in [7, 11) is 1.30. The maximum absolute atomic E-state index is 12.7. The van der Waals surface area contributed by atoms with Gasteiger partial charge in [0.25, 0.3) is 7.82 Å². The molecule has 0 fully saturated rings. The van der Waals surface area contributed by atoms with Gasteiger partial charge in [0.05, 0.1) is 39.9 Å². The number of quaternary nitrogens is 1. The standard InChI is InChI=1S/C50H97N2O6P/c1-6-8-10-12-13-14-15-16-17-18-19-20-21-22-23-24-25-26-27-28-29-30-31-32-33-34-35-36-37-38-39-40-42-44-50(54)51-48(49(53)43-41-11-9-7-2)47-58-59(55,56)57-46-45-52(3,4)5/h15-16,18-19,21-22,48-49,53H,6-14,17,20,23-47H2,1-5H3,(H-,51,54,55,56)/b16-15-,19-18-,22-21-. The topological polar surface area (TPSA) is 108 Å². The fourth-order valence-corrected chi connectivity index (χ4v) is 7.89. The minimum Gasteiger partial charge on any atom is -0.756 e. The Morgan fingerprint density at radius 1 is 0.593 bits per heavy atom. The number of unbranched alkanes of at least 4 members (excludes halogenated alkanes) is 26. The van der Waals surface area contributed by atoms with Crippen LogP contribution in [0.1, 0.15) is 226 Å². The molecule has 0 aliphatic rings. The molecule has 3 atom stereocenters. The molecule has 0 aromatic heterocycles. The zero-order chi connectivity index (χ0) is 43.6. The summed E-state index contributed by atoms with van der Waals surface area (Å²) in [5, 5.41) is 13.6. The third kappa shape index (κ3) is 44.6. The normalized spacial score (nSPS) is 14.5. The predicted octanol–water partition coefficient (Wildman–Crippen LogP) is 13.6. The second kappa shape index (κ2) is 42.0. The predicted molar refractivity (Wildman–Crippen MR) is 251 cm³/mol. The SMILES string of the molecule is CCCCCCC/C=C\C/C=C\C/C=C\CCCCCCCCCCCCCCCCCCCCC(=O)NC(COP(=O)([O-])OCC[N+](C)(C)C)C(O)CCCCCC. The van der Waals surface area contributed by atoms with Gasteiger partial charge < -0.3 is 28.8 Å². The van der Waals surface area contributed by atoms with E-state index in [0.717, 1.165) is 57.8 Å². The fourth-order valence-electron chi connectivity index (χ4n) is 7.16. The van der Waals surface area contributed by atoms with Crippen molar-refractivity contribution in [1.82, 2.24) is 5.32 Å². The lowest BCUT2D eigenvalue weighted by Gasteiger charge is -2.30. The quantitative estimate of drug-likeness (QED) is 0.0273. The van der Waals surface area contributed by atoms with Crippen molar-refractivity contribution in [1.29, 1.82) is 0 Å². The van der Waals surface area contributed by atoms with Crippen molar-refractivity contribution in [2.24, 2.45) is 0 Å². The molecule has 0 aromatic carbocycles. The second-order valence-electron chi connectivity index (χ2n) is 18.2. The first-order valence-corrected chi connectivity index (χ1v) is 26.3. The number of amides is 1. The van der Waals surface area contributed by atoms with E-state index in [1.807, 2.05) is 21.1 Å². The Morgan fingerprint density at radius 2 is 0.983 bits per heavy atom. The molecule has 9 heteroatoms. The first-order valence-electron chi connectivity index (χ1n) is 24.8. The number of rotatable bonds is 45. The lowest BCUT2D eigenvalue weighted by molar-refractivity contribution is -0.870. The number of nitrogens with one attached hydrogen (secondary N) is 1. The summed E-state index contributed by atoms with van der Waals surface area (Å²) in [4.78, 5) is 25.1. The van der Waals surface area contributed by atoms with Crippen molar-refractivity contribution in [3.05, 3.63) is 36.5 Å². The van der Waals surface area contributed by atoms with Gasteiger partial charge in [-0.05, 0) is 51.4 Å². The summed E-state index contributed by atoms with van der Waals surface area (Å²) < 4.78 is 23.0. The number of allylic oxidation sites excluding steroid dienone is 6. The molecule has 0 aliphatic carbocycles. The average Bonchev–Trinajstić information content (AvgIpc) is 3.19. The van der Waals surface area contributed by atoms with Crippen LogP contribution in [0.5, 0.6) is 0 Å². The maximum Gasteiger partial charge on any atom is 0.268 e. The molecule has 0 aliphatic heterocycles.